The minimum atomic E-state index is -0.0553. The van der Waals surface area contributed by atoms with Crippen LogP contribution >= 0.6 is 12.6 Å². The van der Waals surface area contributed by atoms with Crippen LogP contribution < -0.4 is 5.69 Å². The Balaban J connectivity index is 2.73. The Morgan fingerprint density at radius 1 is 1.69 bits per heavy atom. The molecule has 0 amide bonds. The molecular formula is C8H15N3OS. The van der Waals surface area contributed by atoms with Crippen LogP contribution in [0, 0.1) is 5.92 Å². The summed E-state index contributed by atoms with van der Waals surface area (Å²) in [6, 6.07) is 0. The van der Waals surface area contributed by atoms with E-state index in [4.69, 9.17) is 0 Å². The third-order valence-corrected chi connectivity index (χ3v) is 2.67. The Kier molecular flexibility index (Phi) is 3.59. The molecule has 0 aliphatic rings. The van der Waals surface area contributed by atoms with Crippen LogP contribution in [0.25, 0.3) is 0 Å². The summed E-state index contributed by atoms with van der Waals surface area (Å²) < 4.78 is 2.97. The highest BCUT2D eigenvalue weighted by molar-refractivity contribution is 7.80. The zero-order valence-electron chi connectivity index (χ0n) is 7.97. The first-order valence-electron chi connectivity index (χ1n) is 4.38. The monoisotopic (exact) mass is 201 g/mol. The van der Waals surface area contributed by atoms with Crippen molar-refractivity contribution in [1.82, 2.24) is 14.3 Å². The van der Waals surface area contributed by atoms with Gasteiger partial charge in [-0.05, 0) is 11.7 Å². The van der Waals surface area contributed by atoms with E-state index in [9.17, 15) is 4.79 Å². The van der Waals surface area contributed by atoms with Gasteiger partial charge >= 0.3 is 5.69 Å². The van der Waals surface area contributed by atoms with Crippen LogP contribution in [0.5, 0.6) is 0 Å². The minimum Gasteiger partial charge on any atom is -0.285 e. The summed E-state index contributed by atoms with van der Waals surface area (Å²) in [6.07, 6.45) is 2.56. The van der Waals surface area contributed by atoms with E-state index in [0.29, 0.717) is 12.5 Å². The van der Waals surface area contributed by atoms with Gasteiger partial charge in [-0.2, -0.15) is 17.7 Å². The molecule has 0 aromatic carbocycles. The summed E-state index contributed by atoms with van der Waals surface area (Å²) in [6.45, 7) is 2.76. The number of rotatable bonds is 4. The zero-order chi connectivity index (χ0) is 9.84. The van der Waals surface area contributed by atoms with Gasteiger partial charge in [-0.1, -0.05) is 13.3 Å². The molecule has 74 valence electrons. The Labute approximate surface area is 83.0 Å². The molecule has 4 nitrogen and oxygen atoms in total. The molecule has 0 aliphatic heterocycles. The van der Waals surface area contributed by atoms with Gasteiger partial charge in [0.2, 0.25) is 0 Å². The fraction of sp³-hybridized carbons (Fsp3) is 0.750. The molecule has 0 aliphatic carbocycles. The van der Waals surface area contributed by atoms with E-state index in [-0.39, 0.29) is 5.69 Å². The van der Waals surface area contributed by atoms with Crippen molar-refractivity contribution in [1.29, 1.82) is 0 Å². The summed E-state index contributed by atoms with van der Waals surface area (Å²) in [5, 5.41) is 3.98. The SMILES string of the molecule is CCC(CS)Cn1ncn(C)c1=O. The van der Waals surface area contributed by atoms with E-state index in [0.717, 1.165) is 12.2 Å². The molecule has 1 unspecified atom stereocenters. The number of hydrogen-bond donors (Lipinski definition) is 1. The molecule has 0 radical (unpaired) electrons. The van der Waals surface area contributed by atoms with Gasteiger partial charge in [-0.3, -0.25) is 4.57 Å². The zero-order valence-corrected chi connectivity index (χ0v) is 8.87. The number of thiol groups is 1. The molecule has 0 spiro atoms. The fourth-order valence-corrected chi connectivity index (χ4v) is 1.48. The first-order chi connectivity index (χ1) is 6.19. The Morgan fingerprint density at radius 2 is 2.38 bits per heavy atom. The highest BCUT2D eigenvalue weighted by Crippen LogP contribution is 2.05. The predicted molar refractivity (Wildman–Crippen MR) is 55.1 cm³/mol. The topological polar surface area (TPSA) is 39.8 Å². The number of aryl methyl sites for hydroxylation is 1. The van der Waals surface area contributed by atoms with Crippen molar-refractivity contribution in [2.45, 2.75) is 19.9 Å². The van der Waals surface area contributed by atoms with Crippen LogP contribution in [0.1, 0.15) is 13.3 Å². The van der Waals surface area contributed by atoms with E-state index < -0.39 is 0 Å². The first-order valence-corrected chi connectivity index (χ1v) is 5.01. The average Bonchev–Trinajstić information content (AvgIpc) is 2.45. The molecule has 1 aromatic heterocycles. The molecule has 1 heterocycles. The maximum absolute atomic E-state index is 11.4. The summed E-state index contributed by atoms with van der Waals surface area (Å²) in [5.41, 5.74) is -0.0553. The number of aromatic nitrogens is 3. The molecule has 1 atom stereocenters. The van der Waals surface area contributed by atoms with Crippen LogP contribution in [0.2, 0.25) is 0 Å². The van der Waals surface area contributed by atoms with Crippen LogP contribution in [0.3, 0.4) is 0 Å². The molecule has 5 heteroatoms. The molecule has 1 rings (SSSR count). The van der Waals surface area contributed by atoms with Crippen molar-refractivity contribution in [3.05, 3.63) is 16.8 Å². The second-order valence-corrected chi connectivity index (χ2v) is 3.53. The largest absolute Gasteiger partial charge is 0.345 e. The molecular weight excluding hydrogens is 186 g/mol. The van der Waals surface area contributed by atoms with Gasteiger partial charge in [0.15, 0.2) is 0 Å². The molecule has 0 fully saturated rings. The lowest BCUT2D eigenvalue weighted by molar-refractivity contribution is 0.434. The fourth-order valence-electron chi connectivity index (χ4n) is 1.11. The van der Waals surface area contributed by atoms with Crippen molar-refractivity contribution >= 4 is 12.6 Å². The number of nitrogens with zero attached hydrogens (tertiary/aromatic N) is 3. The molecule has 0 saturated heterocycles. The van der Waals surface area contributed by atoms with Crippen LogP contribution in [0.4, 0.5) is 0 Å². The molecule has 0 N–H and O–H groups in total. The maximum atomic E-state index is 11.4. The molecule has 0 bridgehead atoms. The standard InChI is InChI=1S/C8H15N3OS/c1-3-7(5-13)4-11-8(12)10(2)6-9-11/h6-7,13H,3-5H2,1-2H3. The lowest BCUT2D eigenvalue weighted by atomic mass is 10.1. The van der Waals surface area contributed by atoms with Gasteiger partial charge in [0.05, 0.1) is 6.54 Å². The van der Waals surface area contributed by atoms with Crippen molar-refractivity contribution in [3.8, 4) is 0 Å². The van der Waals surface area contributed by atoms with E-state index in [1.807, 2.05) is 0 Å². The Hall–Kier alpha value is -0.710. The Bertz CT molecular complexity index is 313. The Morgan fingerprint density at radius 3 is 2.77 bits per heavy atom. The molecule has 1 aromatic rings. The third-order valence-electron chi connectivity index (χ3n) is 2.15. The van der Waals surface area contributed by atoms with Crippen molar-refractivity contribution in [2.24, 2.45) is 13.0 Å². The molecule has 13 heavy (non-hydrogen) atoms. The summed E-state index contributed by atoms with van der Waals surface area (Å²) >= 11 is 4.22. The van der Waals surface area contributed by atoms with Crippen LogP contribution in [-0.4, -0.2) is 20.1 Å². The van der Waals surface area contributed by atoms with Crippen molar-refractivity contribution < 1.29 is 0 Å². The van der Waals surface area contributed by atoms with Gasteiger partial charge in [0.25, 0.3) is 0 Å². The summed E-state index contributed by atoms with van der Waals surface area (Å²) in [7, 11) is 1.70. The van der Waals surface area contributed by atoms with Gasteiger partial charge < -0.3 is 0 Å². The lowest BCUT2D eigenvalue weighted by Gasteiger charge is -2.09. The maximum Gasteiger partial charge on any atom is 0.345 e. The normalized spacial score (nSPS) is 13.2. The predicted octanol–water partition coefficient (Wildman–Crippen LogP) is 0.538. The highest BCUT2D eigenvalue weighted by atomic mass is 32.1. The lowest BCUT2D eigenvalue weighted by Crippen LogP contribution is -2.26. The summed E-state index contributed by atoms with van der Waals surface area (Å²) in [4.78, 5) is 11.4. The first kappa shape index (κ1) is 10.4. The van der Waals surface area contributed by atoms with Crippen molar-refractivity contribution in [2.75, 3.05) is 5.75 Å². The highest BCUT2D eigenvalue weighted by Gasteiger charge is 2.08. The number of hydrogen-bond acceptors (Lipinski definition) is 3. The van der Waals surface area contributed by atoms with Crippen molar-refractivity contribution in [3.63, 3.8) is 0 Å². The second-order valence-electron chi connectivity index (χ2n) is 3.16. The van der Waals surface area contributed by atoms with Crippen LogP contribution in [0.15, 0.2) is 11.1 Å². The average molecular weight is 201 g/mol. The van der Waals surface area contributed by atoms with Crippen LogP contribution in [-0.2, 0) is 13.6 Å². The molecule has 0 saturated carbocycles. The smallest absolute Gasteiger partial charge is 0.285 e. The van der Waals surface area contributed by atoms with E-state index in [1.54, 1.807) is 7.05 Å². The van der Waals surface area contributed by atoms with E-state index in [2.05, 4.69) is 24.7 Å². The quantitative estimate of drug-likeness (QED) is 0.722. The van der Waals surface area contributed by atoms with Gasteiger partial charge in [0.1, 0.15) is 6.33 Å². The second kappa shape index (κ2) is 4.50. The van der Waals surface area contributed by atoms with Gasteiger partial charge in [-0.25, -0.2) is 9.48 Å². The van der Waals surface area contributed by atoms with E-state index in [1.165, 1.54) is 15.6 Å². The van der Waals surface area contributed by atoms with E-state index >= 15 is 0 Å². The third kappa shape index (κ3) is 2.37. The summed E-state index contributed by atoms with van der Waals surface area (Å²) in [5.74, 6) is 1.22. The van der Waals surface area contributed by atoms with Gasteiger partial charge in [-0.15, -0.1) is 0 Å². The van der Waals surface area contributed by atoms with Gasteiger partial charge in [0, 0.05) is 7.05 Å². The minimum absolute atomic E-state index is 0.0553.